The molecule has 50 valence electrons. The fraction of sp³-hybridized carbons (Fsp3) is 0.500. The third-order valence-corrected chi connectivity index (χ3v) is 1.63. The van der Waals surface area contributed by atoms with Crippen LogP contribution in [0.5, 0.6) is 0 Å². The second-order valence-electron chi connectivity index (χ2n) is 2.06. The normalized spacial score (nSPS) is 19.2. The molecular formula is C6H9NOS. The van der Waals surface area contributed by atoms with Crippen molar-refractivity contribution in [1.82, 2.24) is 4.90 Å². The highest BCUT2D eigenvalue weighted by molar-refractivity contribution is 7.84. The molecule has 0 aliphatic carbocycles. The molecule has 0 aromatic rings. The Morgan fingerprint density at radius 1 is 1.78 bits per heavy atom. The number of rotatable bonds is 1. The van der Waals surface area contributed by atoms with Crippen LogP contribution in [-0.2, 0) is 4.79 Å². The molecule has 0 N–H and O–H groups in total. The third kappa shape index (κ3) is 1.75. The number of thiol groups is 1. The Labute approximate surface area is 59.9 Å². The lowest BCUT2D eigenvalue weighted by atomic mass is 10.3. The summed E-state index contributed by atoms with van der Waals surface area (Å²) in [6.45, 7) is 1.53. The van der Waals surface area contributed by atoms with Crippen LogP contribution in [0.3, 0.4) is 0 Å². The fourth-order valence-electron chi connectivity index (χ4n) is 0.839. The van der Waals surface area contributed by atoms with Gasteiger partial charge in [-0.15, -0.1) is 12.6 Å². The van der Waals surface area contributed by atoms with Crippen molar-refractivity contribution in [2.75, 3.05) is 13.1 Å². The zero-order chi connectivity index (χ0) is 6.69. The van der Waals surface area contributed by atoms with Crippen molar-refractivity contribution in [3.63, 3.8) is 0 Å². The van der Waals surface area contributed by atoms with Crippen LogP contribution >= 0.6 is 12.6 Å². The standard InChI is InChI=1S/C6H9NOS/c8-5-7-3-1-2-6(9)4-7/h2,5,9H,1,3-4H2. The molecule has 0 spiro atoms. The molecule has 1 heterocycles. The summed E-state index contributed by atoms with van der Waals surface area (Å²) >= 11 is 4.14. The van der Waals surface area contributed by atoms with Gasteiger partial charge in [-0.3, -0.25) is 4.79 Å². The maximum atomic E-state index is 10.2. The molecule has 0 bridgehead atoms. The summed E-state index contributed by atoms with van der Waals surface area (Å²) in [4.78, 5) is 12.9. The van der Waals surface area contributed by atoms with Gasteiger partial charge in [0.05, 0.1) is 6.54 Å². The Morgan fingerprint density at radius 3 is 3.00 bits per heavy atom. The van der Waals surface area contributed by atoms with Crippen LogP contribution in [0.15, 0.2) is 11.0 Å². The van der Waals surface area contributed by atoms with E-state index in [-0.39, 0.29) is 0 Å². The van der Waals surface area contributed by atoms with Crippen LogP contribution in [-0.4, -0.2) is 24.4 Å². The molecule has 1 aliphatic rings. The first-order chi connectivity index (χ1) is 4.33. The van der Waals surface area contributed by atoms with E-state index in [0.29, 0.717) is 6.54 Å². The van der Waals surface area contributed by atoms with Crippen LogP contribution in [0.25, 0.3) is 0 Å². The van der Waals surface area contributed by atoms with E-state index in [1.807, 2.05) is 6.08 Å². The van der Waals surface area contributed by atoms with E-state index in [2.05, 4.69) is 12.6 Å². The van der Waals surface area contributed by atoms with E-state index in [9.17, 15) is 4.79 Å². The number of hydrogen-bond acceptors (Lipinski definition) is 2. The third-order valence-electron chi connectivity index (χ3n) is 1.31. The minimum absolute atomic E-state index is 0.687. The minimum Gasteiger partial charge on any atom is -0.340 e. The predicted molar refractivity (Wildman–Crippen MR) is 39.3 cm³/mol. The Balaban J connectivity index is 2.48. The fourth-order valence-corrected chi connectivity index (χ4v) is 1.15. The van der Waals surface area contributed by atoms with Gasteiger partial charge < -0.3 is 4.90 Å². The molecule has 1 amide bonds. The van der Waals surface area contributed by atoms with E-state index in [1.54, 1.807) is 4.90 Å². The summed E-state index contributed by atoms with van der Waals surface area (Å²) in [5.41, 5.74) is 0. The van der Waals surface area contributed by atoms with Gasteiger partial charge in [-0.1, -0.05) is 6.08 Å². The molecule has 0 atom stereocenters. The van der Waals surface area contributed by atoms with Crippen molar-refractivity contribution in [2.45, 2.75) is 6.42 Å². The van der Waals surface area contributed by atoms with Crippen LogP contribution in [0, 0.1) is 0 Å². The topological polar surface area (TPSA) is 20.3 Å². The van der Waals surface area contributed by atoms with Gasteiger partial charge in [-0.05, 0) is 11.3 Å². The molecule has 0 aromatic heterocycles. The first kappa shape index (κ1) is 6.68. The second kappa shape index (κ2) is 2.92. The van der Waals surface area contributed by atoms with Crippen LogP contribution in [0.2, 0.25) is 0 Å². The zero-order valence-corrected chi connectivity index (χ0v) is 5.97. The van der Waals surface area contributed by atoms with E-state index in [0.717, 1.165) is 24.3 Å². The lowest BCUT2D eigenvalue weighted by Crippen LogP contribution is -2.27. The minimum atomic E-state index is 0.687. The van der Waals surface area contributed by atoms with Gasteiger partial charge in [0, 0.05) is 6.54 Å². The van der Waals surface area contributed by atoms with Gasteiger partial charge in [0.15, 0.2) is 0 Å². The summed E-state index contributed by atoms with van der Waals surface area (Å²) in [5, 5.41) is 0. The number of carbonyl (C=O) groups excluding carboxylic acids is 1. The van der Waals surface area contributed by atoms with Gasteiger partial charge in [-0.25, -0.2) is 0 Å². The quantitative estimate of drug-likeness (QED) is 0.422. The molecule has 3 heteroatoms. The number of amides is 1. The molecule has 0 saturated carbocycles. The Bertz CT molecular complexity index is 144. The molecule has 0 unspecified atom stereocenters. The average Bonchev–Trinajstić information content (AvgIpc) is 1.88. The van der Waals surface area contributed by atoms with Crippen molar-refractivity contribution >= 4 is 19.0 Å². The molecule has 2 nitrogen and oxygen atoms in total. The van der Waals surface area contributed by atoms with Gasteiger partial charge in [-0.2, -0.15) is 0 Å². The van der Waals surface area contributed by atoms with Gasteiger partial charge in [0.25, 0.3) is 0 Å². The SMILES string of the molecule is O=CN1CCC=C(S)C1. The van der Waals surface area contributed by atoms with Gasteiger partial charge in [0.2, 0.25) is 6.41 Å². The van der Waals surface area contributed by atoms with Crippen LogP contribution < -0.4 is 0 Å². The average molecular weight is 143 g/mol. The smallest absolute Gasteiger partial charge is 0.210 e. The zero-order valence-electron chi connectivity index (χ0n) is 5.08. The molecule has 1 aliphatic heterocycles. The summed E-state index contributed by atoms with van der Waals surface area (Å²) in [5.74, 6) is 0. The van der Waals surface area contributed by atoms with E-state index in [4.69, 9.17) is 0 Å². The Morgan fingerprint density at radius 2 is 2.56 bits per heavy atom. The van der Waals surface area contributed by atoms with Crippen molar-refractivity contribution in [3.05, 3.63) is 11.0 Å². The molecule has 9 heavy (non-hydrogen) atoms. The number of carbonyl (C=O) groups is 1. The van der Waals surface area contributed by atoms with E-state index >= 15 is 0 Å². The highest BCUT2D eigenvalue weighted by Crippen LogP contribution is 2.09. The largest absolute Gasteiger partial charge is 0.340 e. The van der Waals surface area contributed by atoms with Crippen LogP contribution in [0.4, 0.5) is 0 Å². The summed E-state index contributed by atoms with van der Waals surface area (Å²) < 4.78 is 0. The van der Waals surface area contributed by atoms with E-state index < -0.39 is 0 Å². The molecular weight excluding hydrogens is 134 g/mol. The van der Waals surface area contributed by atoms with Crippen molar-refractivity contribution in [3.8, 4) is 0 Å². The molecule has 0 radical (unpaired) electrons. The lowest BCUT2D eigenvalue weighted by molar-refractivity contribution is -0.117. The highest BCUT2D eigenvalue weighted by Gasteiger charge is 2.05. The van der Waals surface area contributed by atoms with E-state index in [1.165, 1.54) is 0 Å². The maximum Gasteiger partial charge on any atom is 0.210 e. The lowest BCUT2D eigenvalue weighted by Gasteiger charge is -2.20. The second-order valence-corrected chi connectivity index (χ2v) is 2.63. The Hall–Kier alpha value is -0.440. The monoisotopic (exact) mass is 143 g/mol. The first-order valence-electron chi connectivity index (χ1n) is 2.90. The number of nitrogens with zero attached hydrogens (tertiary/aromatic N) is 1. The summed E-state index contributed by atoms with van der Waals surface area (Å²) in [6, 6.07) is 0. The maximum absolute atomic E-state index is 10.2. The van der Waals surface area contributed by atoms with Crippen molar-refractivity contribution in [1.29, 1.82) is 0 Å². The van der Waals surface area contributed by atoms with Crippen LogP contribution in [0.1, 0.15) is 6.42 Å². The Kier molecular flexibility index (Phi) is 2.16. The van der Waals surface area contributed by atoms with Crippen molar-refractivity contribution < 1.29 is 4.79 Å². The van der Waals surface area contributed by atoms with Gasteiger partial charge in [0.1, 0.15) is 0 Å². The molecule has 0 saturated heterocycles. The predicted octanol–water partition coefficient (Wildman–Crippen LogP) is 0.662. The molecule has 1 rings (SSSR count). The molecule has 0 aromatic carbocycles. The summed E-state index contributed by atoms with van der Waals surface area (Å²) in [7, 11) is 0. The molecule has 0 fully saturated rings. The van der Waals surface area contributed by atoms with Crippen molar-refractivity contribution in [2.24, 2.45) is 0 Å². The highest BCUT2D eigenvalue weighted by atomic mass is 32.1. The van der Waals surface area contributed by atoms with Gasteiger partial charge >= 0.3 is 0 Å². The summed E-state index contributed by atoms with van der Waals surface area (Å²) in [6.07, 6.45) is 3.85. The first-order valence-corrected chi connectivity index (χ1v) is 3.35. The number of hydrogen-bond donors (Lipinski definition) is 1.